The van der Waals surface area contributed by atoms with Crippen molar-refractivity contribution in [3.8, 4) is 0 Å². The quantitative estimate of drug-likeness (QED) is 0.111. The summed E-state index contributed by atoms with van der Waals surface area (Å²) >= 11 is 0. The first-order valence-electron chi connectivity index (χ1n) is 15.0. The highest BCUT2D eigenvalue weighted by atomic mass is 31.2. The van der Waals surface area contributed by atoms with Crippen LogP contribution in [0.1, 0.15) is 22.3 Å². The van der Waals surface area contributed by atoms with E-state index in [-0.39, 0.29) is 36.3 Å². The molecule has 0 aliphatic rings. The second-order valence-electron chi connectivity index (χ2n) is 11.2. The first kappa shape index (κ1) is 33.8. The van der Waals surface area contributed by atoms with E-state index in [2.05, 4.69) is 48.3 Å². The molecule has 5 aromatic rings. The Balaban J connectivity index is 1.55. The van der Waals surface area contributed by atoms with Gasteiger partial charge in [-0.1, -0.05) is 128 Å². The fourth-order valence-corrected chi connectivity index (χ4v) is 9.25. The third kappa shape index (κ3) is 8.44. The summed E-state index contributed by atoms with van der Waals surface area (Å²) in [5, 5.41) is 6.49. The van der Waals surface area contributed by atoms with Crippen molar-refractivity contribution in [3.63, 3.8) is 0 Å². The number of alkyl halides is 6. The molecule has 9 heteroatoms. The van der Waals surface area contributed by atoms with Gasteiger partial charge in [-0.2, -0.15) is 26.3 Å². The molecule has 0 fully saturated rings. The summed E-state index contributed by atoms with van der Waals surface area (Å²) in [4.78, 5) is 0. The summed E-state index contributed by atoms with van der Waals surface area (Å²) in [5.41, 5.74) is -1.56. The van der Waals surface area contributed by atoms with E-state index < -0.39 is 30.5 Å². The Morgan fingerprint density at radius 2 is 1.00 bits per heavy atom. The normalized spacial score (nSPS) is 12.7. The molecule has 0 aliphatic carbocycles. The van der Waals surface area contributed by atoms with Crippen LogP contribution in [-0.4, -0.2) is 12.6 Å². The molecule has 47 heavy (non-hydrogen) atoms. The summed E-state index contributed by atoms with van der Waals surface area (Å²) in [5.74, 6) is 0. The zero-order valence-corrected chi connectivity index (χ0v) is 26.2. The second kappa shape index (κ2) is 14.5. The molecule has 0 radical (unpaired) electrons. The molecule has 0 spiro atoms. The summed E-state index contributed by atoms with van der Waals surface area (Å²) in [6.45, 7) is 4.32. The van der Waals surface area contributed by atoms with Gasteiger partial charge in [0.1, 0.15) is 0 Å². The van der Waals surface area contributed by atoms with Crippen molar-refractivity contribution in [1.29, 1.82) is 0 Å². The van der Waals surface area contributed by atoms with Gasteiger partial charge < -0.3 is 5.32 Å². The van der Waals surface area contributed by atoms with E-state index >= 15 is 0 Å². The van der Waals surface area contributed by atoms with Crippen molar-refractivity contribution in [2.75, 3.05) is 6.54 Å². The molecular weight excluding hydrogens is 629 g/mol. The Morgan fingerprint density at radius 3 is 1.40 bits per heavy atom. The first-order chi connectivity index (χ1) is 22.4. The highest BCUT2D eigenvalue weighted by molar-refractivity contribution is 7.87. The van der Waals surface area contributed by atoms with E-state index in [0.717, 1.165) is 33.6 Å². The molecule has 0 saturated heterocycles. The lowest BCUT2D eigenvalue weighted by atomic mass is 10.0. The topological polar surface area (TPSA) is 24.4 Å². The van der Waals surface area contributed by atoms with E-state index in [0.29, 0.717) is 6.42 Å². The predicted octanol–water partition coefficient (Wildman–Crippen LogP) is 9.16. The summed E-state index contributed by atoms with van der Waals surface area (Å²) in [6.07, 6.45) is -9.59. The van der Waals surface area contributed by atoms with Gasteiger partial charge >= 0.3 is 12.4 Å². The maximum atomic E-state index is 13.5. The zero-order chi connectivity index (χ0) is 33.5. The second-order valence-corrected chi connectivity index (χ2v) is 14.3. The zero-order valence-electron chi connectivity index (χ0n) is 25.3. The minimum Gasteiger partial charge on any atom is -0.384 e. The first-order valence-corrected chi connectivity index (χ1v) is 16.7. The molecule has 0 bridgehead atoms. The van der Waals surface area contributed by atoms with Crippen molar-refractivity contribution >= 4 is 23.0 Å². The number of hydrogen-bond donors (Lipinski definition) is 1. The van der Waals surface area contributed by atoms with Gasteiger partial charge in [0, 0.05) is 34.1 Å². The molecule has 5 aromatic carbocycles. The SMILES string of the molecule is C=C(Cc1cc(C(F)(F)F)cc(C(F)(F)F)c1)N[C@H](CN=P(c1ccccc1)(c1ccccc1)c1ccccc1)Cc1ccccc1. The number of rotatable bonds is 11. The fourth-order valence-electron chi connectivity index (χ4n) is 5.61. The van der Waals surface area contributed by atoms with Gasteiger partial charge in [0.25, 0.3) is 0 Å². The molecule has 0 saturated carbocycles. The van der Waals surface area contributed by atoms with Gasteiger partial charge in [-0.3, -0.25) is 4.74 Å². The standard InChI is InChI=1S/C38H33F6N2P/c1-28(22-30-23-31(37(39,40)41)26-32(24-30)38(42,43)44)46-33(25-29-14-6-2-7-15-29)27-45-47(34-16-8-3-9-17-34,35-18-10-4-11-19-35)36-20-12-5-13-21-36/h2-21,23-24,26,33,46H,1,22,25,27H2/t33-/m0/s1. The number of allylic oxidation sites excluding steroid dienone is 1. The number of halogens is 6. The number of nitrogens with one attached hydrogen (secondary N) is 1. The van der Waals surface area contributed by atoms with Gasteiger partial charge in [0.2, 0.25) is 0 Å². The Bertz CT molecular complexity index is 1690. The van der Waals surface area contributed by atoms with Crippen LogP contribution in [0.5, 0.6) is 0 Å². The lowest BCUT2D eigenvalue weighted by molar-refractivity contribution is -0.143. The number of hydrogen-bond acceptors (Lipinski definition) is 2. The minimum absolute atomic E-state index is 0.136. The van der Waals surface area contributed by atoms with Crippen molar-refractivity contribution in [3.05, 3.63) is 174 Å². The molecule has 0 aliphatic heterocycles. The predicted molar refractivity (Wildman–Crippen MR) is 179 cm³/mol. The van der Waals surface area contributed by atoms with Crippen molar-refractivity contribution in [2.45, 2.75) is 31.2 Å². The molecule has 2 nitrogen and oxygen atoms in total. The molecule has 0 amide bonds. The van der Waals surface area contributed by atoms with Gasteiger partial charge in [-0.25, -0.2) is 0 Å². The molecular formula is C38H33F6N2P. The van der Waals surface area contributed by atoms with Gasteiger partial charge in [0.15, 0.2) is 0 Å². The van der Waals surface area contributed by atoms with E-state index in [4.69, 9.17) is 4.74 Å². The van der Waals surface area contributed by atoms with Gasteiger partial charge in [-0.15, -0.1) is 0 Å². The Labute approximate surface area is 270 Å². The fraction of sp³-hybridized carbons (Fsp3) is 0.158. The monoisotopic (exact) mass is 662 g/mol. The lowest BCUT2D eigenvalue weighted by Crippen LogP contribution is -2.35. The van der Waals surface area contributed by atoms with E-state index in [1.54, 1.807) is 0 Å². The molecule has 0 aromatic heterocycles. The van der Waals surface area contributed by atoms with Crippen LogP contribution in [-0.2, 0) is 25.2 Å². The van der Waals surface area contributed by atoms with Crippen LogP contribution in [0.25, 0.3) is 0 Å². The van der Waals surface area contributed by atoms with Crippen molar-refractivity contribution in [2.24, 2.45) is 4.74 Å². The minimum atomic E-state index is -4.93. The summed E-state index contributed by atoms with van der Waals surface area (Å²) < 4.78 is 86.8. The average Bonchev–Trinajstić information content (AvgIpc) is 3.06. The van der Waals surface area contributed by atoms with Crippen LogP contribution in [0, 0.1) is 0 Å². The largest absolute Gasteiger partial charge is 0.416 e. The average molecular weight is 663 g/mol. The third-order valence-corrected chi connectivity index (χ3v) is 11.4. The van der Waals surface area contributed by atoms with Crippen molar-refractivity contribution in [1.82, 2.24) is 5.32 Å². The smallest absolute Gasteiger partial charge is 0.384 e. The molecule has 1 atom stereocenters. The Kier molecular flexibility index (Phi) is 10.4. The highest BCUT2D eigenvalue weighted by Crippen LogP contribution is 2.46. The highest BCUT2D eigenvalue weighted by Gasteiger charge is 2.37. The van der Waals surface area contributed by atoms with E-state index in [9.17, 15) is 26.3 Å². The summed E-state index contributed by atoms with van der Waals surface area (Å²) in [6, 6.07) is 41.1. The maximum Gasteiger partial charge on any atom is 0.416 e. The summed E-state index contributed by atoms with van der Waals surface area (Å²) in [7, 11) is -2.57. The molecule has 0 unspecified atom stereocenters. The third-order valence-electron chi connectivity index (χ3n) is 7.70. The molecule has 1 N–H and O–H groups in total. The van der Waals surface area contributed by atoms with E-state index in [1.807, 2.05) is 84.9 Å². The molecule has 242 valence electrons. The van der Waals surface area contributed by atoms with Crippen LogP contribution in [0.3, 0.4) is 0 Å². The Morgan fingerprint density at radius 1 is 0.596 bits per heavy atom. The van der Waals surface area contributed by atoms with Crippen LogP contribution in [0.4, 0.5) is 26.3 Å². The number of benzene rings is 5. The van der Waals surface area contributed by atoms with Crippen molar-refractivity contribution < 1.29 is 26.3 Å². The van der Waals surface area contributed by atoms with Crippen LogP contribution >= 0.6 is 7.05 Å². The van der Waals surface area contributed by atoms with Crippen LogP contribution in [0.2, 0.25) is 0 Å². The number of nitrogens with zero attached hydrogens (tertiary/aromatic N) is 1. The Hall–Kier alpha value is -4.55. The maximum absolute atomic E-state index is 13.5. The van der Waals surface area contributed by atoms with Crippen LogP contribution < -0.4 is 21.2 Å². The molecule has 0 heterocycles. The van der Waals surface area contributed by atoms with Gasteiger partial charge in [0.05, 0.1) is 24.7 Å². The van der Waals surface area contributed by atoms with Gasteiger partial charge in [-0.05, 0) is 35.7 Å². The molecule has 5 rings (SSSR count). The van der Waals surface area contributed by atoms with Crippen LogP contribution in [0.15, 0.2) is 157 Å². The van der Waals surface area contributed by atoms with E-state index in [1.165, 1.54) is 0 Å². The lowest BCUT2D eigenvalue weighted by Gasteiger charge is -2.29.